The molecule has 1 aromatic heterocycles. The minimum atomic E-state index is -4.80. The first-order valence-corrected chi connectivity index (χ1v) is 10.0. The van der Waals surface area contributed by atoms with E-state index in [2.05, 4.69) is 6.92 Å². The molecule has 9 heteroatoms. The van der Waals surface area contributed by atoms with Crippen LogP contribution >= 0.6 is 15.3 Å². The lowest BCUT2D eigenvalue weighted by atomic mass is 10.1. The van der Waals surface area contributed by atoms with Crippen LogP contribution in [0.5, 0.6) is 0 Å². The van der Waals surface area contributed by atoms with Gasteiger partial charge in [-0.15, -0.1) is 4.34 Å². The Kier molecular flexibility index (Phi) is 6.72. The van der Waals surface area contributed by atoms with Crippen molar-refractivity contribution in [1.82, 2.24) is 0 Å². The van der Waals surface area contributed by atoms with Crippen molar-refractivity contribution in [2.24, 2.45) is 0 Å². The van der Waals surface area contributed by atoms with Gasteiger partial charge in [0.2, 0.25) is 0 Å². The lowest BCUT2D eigenvalue weighted by molar-refractivity contribution is -0.520. The molecule has 0 amide bonds. The zero-order valence-corrected chi connectivity index (χ0v) is 13.7. The third-order valence-corrected chi connectivity index (χ3v) is 5.24. The Balaban J connectivity index is 3.04. The topological polar surface area (TPSA) is 119 Å². The fourth-order valence-corrected chi connectivity index (χ4v) is 4.40. The fraction of sp³-hybridized carbons (Fsp3) is 0.583. The smallest absolute Gasteiger partial charge is 0.317 e. The molecular weight excluding hydrogens is 316 g/mol. The molecule has 1 rings (SSSR count). The summed E-state index contributed by atoms with van der Waals surface area (Å²) in [5.41, 5.74) is -0.306. The molecule has 120 valence electrons. The number of hydrogen-bond acceptors (Lipinski definition) is 2. The molecule has 1 heterocycles. The number of hydrogen-bond donors (Lipinski definition) is 4. The van der Waals surface area contributed by atoms with Gasteiger partial charge in [0.25, 0.3) is 0 Å². The maximum absolute atomic E-state index is 11.6. The van der Waals surface area contributed by atoms with Gasteiger partial charge < -0.3 is 9.79 Å². The van der Waals surface area contributed by atoms with Crippen molar-refractivity contribution in [2.75, 3.05) is 0 Å². The molecule has 0 aliphatic rings. The maximum atomic E-state index is 11.6. The van der Waals surface area contributed by atoms with Crippen LogP contribution in [0.1, 0.15) is 44.6 Å². The summed E-state index contributed by atoms with van der Waals surface area (Å²) in [7, 11) is -9.58. The van der Waals surface area contributed by atoms with Crippen molar-refractivity contribution in [1.29, 1.82) is 0 Å². The Morgan fingerprint density at radius 1 is 1.05 bits per heavy atom. The lowest BCUT2D eigenvalue weighted by Crippen LogP contribution is -2.47. The maximum Gasteiger partial charge on any atom is 0.608 e. The summed E-state index contributed by atoms with van der Waals surface area (Å²) in [5.74, 6) is 0. The Morgan fingerprint density at radius 2 is 1.67 bits per heavy atom. The average molecular weight is 338 g/mol. The first-order valence-electron chi connectivity index (χ1n) is 6.84. The summed E-state index contributed by atoms with van der Waals surface area (Å²) in [6.07, 6.45) is 6.24. The van der Waals surface area contributed by atoms with Crippen molar-refractivity contribution in [3.8, 4) is 0 Å². The zero-order chi connectivity index (χ0) is 16.1. The van der Waals surface area contributed by atoms with Gasteiger partial charge in [-0.2, -0.15) is 4.57 Å². The quantitative estimate of drug-likeness (QED) is 0.418. The minimum Gasteiger partial charge on any atom is -0.317 e. The molecule has 0 aliphatic carbocycles. The molecule has 0 unspecified atom stereocenters. The van der Waals surface area contributed by atoms with Crippen LogP contribution in [0, 0.1) is 0 Å². The first kappa shape index (κ1) is 18.5. The van der Waals surface area contributed by atoms with Crippen LogP contribution in [-0.2, 0) is 15.6 Å². The van der Waals surface area contributed by atoms with Gasteiger partial charge in [0.1, 0.15) is 0 Å². The van der Waals surface area contributed by atoms with E-state index in [0.29, 0.717) is 10.8 Å². The highest BCUT2D eigenvalue weighted by Crippen LogP contribution is 2.37. The lowest BCUT2D eigenvalue weighted by Gasteiger charge is -2.10. The van der Waals surface area contributed by atoms with Crippen LogP contribution in [-0.4, -0.2) is 19.6 Å². The number of aromatic nitrogens is 1. The average Bonchev–Trinajstić information content (AvgIpc) is 2.36. The van der Waals surface area contributed by atoms with E-state index in [0.717, 1.165) is 38.3 Å². The van der Waals surface area contributed by atoms with Crippen LogP contribution in [0.4, 0.5) is 0 Å². The van der Waals surface area contributed by atoms with Gasteiger partial charge in [-0.3, -0.25) is 9.79 Å². The van der Waals surface area contributed by atoms with Gasteiger partial charge in [-0.1, -0.05) is 32.6 Å². The molecule has 0 aromatic carbocycles. The number of aryl methyl sites for hydroxylation is 1. The van der Waals surface area contributed by atoms with E-state index >= 15 is 0 Å². The summed E-state index contributed by atoms with van der Waals surface area (Å²) < 4.78 is 23.4. The monoisotopic (exact) mass is 338 g/mol. The molecule has 0 aliphatic heterocycles. The summed E-state index contributed by atoms with van der Waals surface area (Å²) in [6, 6.07) is 2.89. The molecule has 0 saturated heterocycles. The van der Waals surface area contributed by atoms with E-state index in [9.17, 15) is 28.7 Å². The number of nitrogens with zero attached hydrogens (tertiary/aromatic N) is 1. The van der Waals surface area contributed by atoms with Gasteiger partial charge in [0.05, 0.1) is 0 Å². The molecule has 21 heavy (non-hydrogen) atoms. The van der Waals surface area contributed by atoms with Crippen molar-refractivity contribution in [3.05, 3.63) is 23.9 Å². The van der Waals surface area contributed by atoms with E-state index in [1.807, 2.05) is 0 Å². The second-order valence-electron chi connectivity index (χ2n) is 4.92. The Morgan fingerprint density at radius 3 is 2.19 bits per heavy atom. The second-order valence-corrected chi connectivity index (χ2v) is 7.89. The summed E-state index contributed by atoms with van der Waals surface area (Å²) in [4.78, 5) is 37.3. The number of pyridine rings is 1. The zero-order valence-electron chi connectivity index (χ0n) is 11.9. The third kappa shape index (κ3) is 5.62. The van der Waals surface area contributed by atoms with Crippen LogP contribution in [0.25, 0.3) is 0 Å². The van der Waals surface area contributed by atoms with Gasteiger partial charge in [-0.25, -0.2) is 4.57 Å². The van der Waals surface area contributed by atoms with Crippen molar-refractivity contribution >= 4 is 20.8 Å². The van der Waals surface area contributed by atoms with Crippen molar-refractivity contribution in [2.45, 2.75) is 45.4 Å². The molecule has 0 spiro atoms. The van der Waals surface area contributed by atoms with Crippen LogP contribution in [0.3, 0.4) is 0 Å². The first-order chi connectivity index (χ1) is 9.68. The predicted molar refractivity (Wildman–Crippen MR) is 78.2 cm³/mol. The SMILES string of the molecule is CCCCCCCc1ccc[n+](P(=O)(O)O)c1P(=O)(O)O. The highest BCUT2D eigenvalue weighted by molar-refractivity contribution is 7.60. The van der Waals surface area contributed by atoms with Gasteiger partial charge in [-0.05, 0) is 18.9 Å². The third-order valence-electron chi connectivity index (χ3n) is 3.14. The van der Waals surface area contributed by atoms with E-state index in [-0.39, 0.29) is 5.56 Å². The van der Waals surface area contributed by atoms with E-state index in [4.69, 9.17) is 0 Å². The highest BCUT2D eigenvalue weighted by Gasteiger charge is 2.41. The van der Waals surface area contributed by atoms with Crippen LogP contribution in [0.2, 0.25) is 0 Å². The molecule has 7 nitrogen and oxygen atoms in total. The molecular formula is C12H22NO6P2+. The van der Waals surface area contributed by atoms with Crippen molar-refractivity contribution < 1.29 is 33.0 Å². The molecule has 0 radical (unpaired) electrons. The van der Waals surface area contributed by atoms with E-state index in [1.54, 1.807) is 0 Å². The predicted octanol–water partition coefficient (Wildman–Crippen LogP) is 1.23. The van der Waals surface area contributed by atoms with Gasteiger partial charge >= 0.3 is 20.8 Å². The second kappa shape index (κ2) is 7.63. The summed E-state index contributed by atoms with van der Waals surface area (Å²) in [5, 5.41) is 0. The molecule has 4 N–H and O–H groups in total. The number of rotatable bonds is 8. The number of unbranched alkanes of at least 4 members (excludes halogenated alkanes) is 4. The molecule has 0 atom stereocenters. The summed E-state index contributed by atoms with van der Waals surface area (Å²) in [6.45, 7) is 2.09. The Bertz CT molecular complexity index is 565. The van der Waals surface area contributed by atoms with Crippen molar-refractivity contribution in [3.63, 3.8) is 0 Å². The fourth-order valence-electron chi connectivity index (χ4n) is 2.18. The van der Waals surface area contributed by atoms with E-state index < -0.39 is 20.8 Å². The molecule has 1 aromatic rings. The largest absolute Gasteiger partial charge is 0.608 e. The van der Waals surface area contributed by atoms with Crippen LogP contribution in [0.15, 0.2) is 18.3 Å². The van der Waals surface area contributed by atoms with E-state index in [1.165, 1.54) is 12.1 Å². The van der Waals surface area contributed by atoms with Crippen LogP contribution < -0.4 is 9.77 Å². The molecule has 0 saturated carbocycles. The van der Waals surface area contributed by atoms with Gasteiger partial charge in [0, 0.05) is 11.6 Å². The Hall–Kier alpha value is -0.550. The minimum absolute atomic E-state index is 0.283. The highest BCUT2D eigenvalue weighted by atomic mass is 31.2. The molecule has 0 fully saturated rings. The normalized spacial score (nSPS) is 12.6. The summed E-state index contributed by atoms with van der Waals surface area (Å²) >= 11 is 0. The Labute approximate surface area is 124 Å². The standard InChI is InChI=1S/C12H21NO6P2/c1-2-3-4-5-6-8-11-9-7-10-13(21(17,18)19)12(11)20(14,15)16/h7,9-10H,2-6,8H2,1H3,(H3-,14,15,16,17,18,19)/p+1. The molecule has 0 bridgehead atoms. The van der Waals surface area contributed by atoms with Gasteiger partial charge in [0.15, 0.2) is 6.20 Å².